The van der Waals surface area contributed by atoms with Crippen LogP contribution in [-0.4, -0.2) is 20.8 Å². The molecule has 1 aliphatic carbocycles. The number of hydrogen-bond acceptors (Lipinski definition) is 6. The summed E-state index contributed by atoms with van der Waals surface area (Å²) in [5, 5.41) is 15.9. The van der Waals surface area contributed by atoms with Crippen LogP contribution in [0.3, 0.4) is 0 Å². The van der Waals surface area contributed by atoms with E-state index in [4.69, 9.17) is 4.74 Å². The summed E-state index contributed by atoms with van der Waals surface area (Å²) in [4.78, 5) is 9.06. The van der Waals surface area contributed by atoms with E-state index in [1.54, 1.807) is 6.20 Å². The van der Waals surface area contributed by atoms with Crippen LogP contribution < -0.4 is 10.1 Å². The fourth-order valence-electron chi connectivity index (χ4n) is 4.54. The largest absolute Gasteiger partial charge is 0.457 e. The van der Waals surface area contributed by atoms with Crippen molar-refractivity contribution < 1.29 is 9.84 Å². The number of anilines is 1. The molecule has 0 saturated heterocycles. The zero-order chi connectivity index (χ0) is 21.3. The van der Waals surface area contributed by atoms with Crippen LogP contribution in [0.1, 0.15) is 45.4 Å². The average molecular weight is 434 g/mol. The Balaban J connectivity index is 1.34. The van der Waals surface area contributed by atoms with E-state index in [9.17, 15) is 5.11 Å². The topological polar surface area (TPSA) is 67.3 Å². The van der Waals surface area contributed by atoms with Crippen molar-refractivity contribution in [3.8, 4) is 11.5 Å². The van der Waals surface area contributed by atoms with Crippen LogP contribution >= 0.6 is 11.3 Å². The predicted octanol–water partition coefficient (Wildman–Crippen LogP) is 6.73. The maximum absolute atomic E-state index is 10.9. The molecule has 6 heteroatoms. The highest BCUT2D eigenvalue weighted by atomic mass is 32.1. The fourth-order valence-corrected chi connectivity index (χ4v) is 5.56. The molecule has 4 aromatic rings. The molecule has 1 saturated carbocycles. The summed E-state index contributed by atoms with van der Waals surface area (Å²) >= 11 is 1.54. The standard InChI is InChI=1S/C25H27N3O2S/c1-25(29,16-17-7-3-2-4-8-17)28-24-27-21-12-11-18(15-23(21)31-24)30-22-13-14-26-20-10-6-5-9-19(20)22/h5-6,9-15,17,29H,2-4,7-8,16H2,1H3,(H,27,28)/t25-/m0/s1. The molecule has 160 valence electrons. The van der Waals surface area contributed by atoms with Crippen molar-refractivity contribution in [2.24, 2.45) is 5.92 Å². The number of ether oxygens (including phenoxy) is 1. The Morgan fingerprint density at radius 2 is 1.94 bits per heavy atom. The van der Waals surface area contributed by atoms with E-state index in [1.165, 1.54) is 43.4 Å². The minimum Gasteiger partial charge on any atom is -0.457 e. The lowest BCUT2D eigenvalue weighted by Crippen LogP contribution is -2.37. The monoisotopic (exact) mass is 433 g/mol. The summed E-state index contributed by atoms with van der Waals surface area (Å²) < 4.78 is 7.20. The second-order valence-electron chi connectivity index (χ2n) is 8.68. The highest BCUT2D eigenvalue weighted by Crippen LogP contribution is 2.36. The second-order valence-corrected chi connectivity index (χ2v) is 9.71. The minimum atomic E-state index is -0.953. The molecule has 0 unspecified atom stereocenters. The summed E-state index contributed by atoms with van der Waals surface area (Å²) in [6.07, 6.45) is 8.81. The molecule has 0 radical (unpaired) electrons. The van der Waals surface area contributed by atoms with Gasteiger partial charge >= 0.3 is 0 Å². The van der Waals surface area contributed by atoms with Gasteiger partial charge in [0.05, 0.1) is 15.7 Å². The van der Waals surface area contributed by atoms with E-state index in [0.717, 1.165) is 44.2 Å². The smallest absolute Gasteiger partial charge is 0.186 e. The van der Waals surface area contributed by atoms with Crippen molar-refractivity contribution >= 4 is 37.6 Å². The highest BCUT2D eigenvalue weighted by Gasteiger charge is 2.27. The molecule has 5 nitrogen and oxygen atoms in total. The van der Waals surface area contributed by atoms with E-state index in [-0.39, 0.29) is 0 Å². The Labute approximate surface area is 186 Å². The van der Waals surface area contributed by atoms with Crippen LogP contribution in [-0.2, 0) is 0 Å². The van der Waals surface area contributed by atoms with Crippen LogP contribution in [0.15, 0.2) is 54.7 Å². The van der Waals surface area contributed by atoms with Crippen LogP contribution in [0.5, 0.6) is 11.5 Å². The highest BCUT2D eigenvalue weighted by molar-refractivity contribution is 7.22. The van der Waals surface area contributed by atoms with Gasteiger partial charge in [0.1, 0.15) is 17.2 Å². The molecule has 2 heterocycles. The molecular weight excluding hydrogens is 406 g/mol. The number of para-hydroxylation sites is 1. The van der Waals surface area contributed by atoms with Crippen molar-refractivity contribution in [3.63, 3.8) is 0 Å². The van der Waals surface area contributed by atoms with Gasteiger partial charge in [0, 0.05) is 17.6 Å². The van der Waals surface area contributed by atoms with Crippen LogP contribution in [0.25, 0.3) is 21.1 Å². The Hall–Kier alpha value is -2.70. The molecule has 1 fully saturated rings. The van der Waals surface area contributed by atoms with Crippen molar-refractivity contribution in [1.29, 1.82) is 0 Å². The lowest BCUT2D eigenvalue weighted by molar-refractivity contribution is 0.0546. The van der Waals surface area contributed by atoms with E-state index in [2.05, 4.69) is 15.3 Å². The van der Waals surface area contributed by atoms with E-state index in [1.807, 2.05) is 55.5 Å². The van der Waals surface area contributed by atoms with Gasteiger partial charge in [0.15, 0.2) is 5.13 Å². The van der Waals surface area contributed by atoms with Crippen molar-refractivity contribution in [2.75, 3.05) is 5.32 Å². The summed E-state index contributed by atoms with van der Waals surface area (Å²) in [7, 11) is 0. The van der Waals surface area contributed by atoms with Crippen molar-refractivity contribution in [1.82, 2.24) is 9.97 Å². The van der Waals surface area contributed by atoms with Gasteiger partial charge in [-0.3, -0.25) is 4.98 Å². The van der Waals surface area contributed by atoms with E-state index >= 15 is 0 Å². The third kappa shape index (κ3) is 4.65. The van der Waals surface area contributed by atoms with Crippen LogP contribution in [0.4, 0.5) is 5.13 Å². The van der Waals surface area contributed by atoms with Gasteiger partial charge in [-0.05, 0) is 49.6 Å². The van der Waals surface area contributed by atoms with Crippen LogP contribution in [0, 0.1) is 5.92 Å². The van der Waals surface area contributed by atoms with Gasteiger partial charge in [0.2, 0.25) is 0 Å². The number of pyridine rings is 1. The quantitative estimate of drug-likeness (QED) is 0.330. The van der Waals surface area contributed by atoms with Gasteiger partial charge in [0.25, 0.3) is 0 Å². The molecule has 2 N–H and O–H groups in total. The van der Waals surface area contributed by atoms with Gasteiger partial charge in [-0.2, -0.15) is 0 Å². The number of rotatable bonds is 6. The second kappa shape index (κ2) is 8.44. The summed E-state index contributed by atoms with van der Waals surface area (Å²) in [6, 6.07) is 15.7. The predicted molar refractivity (Wildman–Crippen MR) is 127 cm³/mol. The normalized spacial score (nSPS) is 17.0. The summed E-state index contributed by atoms with van der Waals surface area (Å²) in [5.41, 5.74) is 0.851. The number of aromatic nitrogens is 2. The minimum absolute atomic E-state index is 0.584. The first-order valence-corrected chi connectivity index (χ1v) is 11.8. The molecule has 0 aliphatic heterocycles. The first-order chi connectivity index (χ1) is 15.1. The lowest BCUT2D eigenvalue weighted by Gasteiger charge is -2.31. The first-order valence-electron chi connectivity index (χ1n) is 11.0. The fraction of sp³-hybridized carbons (Fsp3) is 0.360. The van der Waals surface area contributed by atoms with Gasteiger partial charge in [-0.15, -0.1) is 0 Å². The Morgan fingerprint density at radius 3 is 2.81 bits per heavy atom. The Kier molecular flexibility index (Phi) is 5.50. The molecule has 31 heavy (non-hydrogen) atoms. The average Bonchev–Trinajstić information content (AvgIpc) is 3.15. The number of nitrogens with one attached hydrogen (secondary N) is 1. The molecule has 0 spiro atoms. The molecular formula is C25H27N3O2S. The van der Waals surface area contributed by atoms with Gasteiger partial charge in [-0.1, -0.05) is 55.6 Å². The molecule has 1 aliphatic rings. The molecule has 0 amide bonds. The molecule has 0 bridgehead atoms. The van der Waals surface area contributed by atoms with E-state index in [0.29, 0.717) is 5.92 Å². The van der Waals surface area contributed by atoms with Crippen molar-refractivity contribution in [2.45, 2.75) is 51.2 Å². The number of thiazole rings is 1. The molecule has 2 aromatic carbocycles. The zero-order valence-electron chi connectivity index (χ0n) is 17.7. The maximum atomic E-state index is 10.9. The summed E-state index contributed by atoms with van der Waals surface area (Å²) in [5.74, 6) is 2.12. The van der Waals surface area contributed by atoms with Crippen LogP contribution in [0.2, 0.25) is 0 Å². The number of benzene rings is 2. The number of aliphatic hydroxyl groups is 1. The molecule has 5 rings (SSSR count). The SMILES string of the molecule is C[C@](O)(CC1CCCCC1)Nc1nc2ccc(Oc3ccnc4ccccc34)cc2s1. The zero-order valence-corrected chi connectivity index (χ0v) is 18.5. The Bertz CT molecular complexity index is 1190. The number of nitrogens with zero attached hydrogens (tertiary/aromatic N) is 2. The maximum Gasteiger partial charge on any atom is 0.186 e. The van der Waals surface area contributed by atoms with E-state index < -0.39 is 5.72 Å². The van der Waals surface area contributed by atoms with Gasteiger partial charge in [-0.25, -0.2) is 4.98 Å². The summed E-state index contributed by atoms with van der Waals surface area (Å²) in [6.45, 7) is 1.86. The Morgan fingerprint density at radius 1 is 1.10 bits per heavy atom. The molecule has 2 aromatic heterocycles. The third-order valence-corrected chi connectivity index (χ3v) is 6.92. The molecule has 1 atom stereocenters. The number of fused-ring (bicyclic) bond motifs is 2. The van der Waals surface area contributed by atoms with Crippen molar-refractivity contribution in [3.05, 3.63) is 54.7 Å². The van der Waals surface area contributed by atoms with Gasteiger partial charge < -0.3 is 15.2 Å². The lowest BCUT2D eigenvalue weighted by atomic mass is 9.84. The number of hydrogen-bond donors (Lipinski definition) is 2. The first kappa shape index (κ1) is 20.2. The third-order valence-electron chi connectivity index (χ3n) is 5.98.